The number of halogens is 1. The van der Waals surface area contributed by atoms with E-state index in [1.807, 2.05) is 18.3 Å². The van der Waals surface area contributed by atoms with Crippen molar-refractivity contribution < 1.29 is 13.9 Å². The van der Waals surface area contributed by atoms with E-state index >= 15 is 0 Å². The fraction of sp³-hybridized carbons (Fsp3) is 0.316. The molecule has 0 atom stereocenters. The summed E-state index contributed by atoms with van der Waals surface area (Å²) in [4.78, 5) is 23.9. The number of anilines is 1. The van der Waals surface area contributed by atoms with E-state index < -0.39 is 5.67 Å². The largest absolute Gasteiger partial charge is 0.491 e. The van der Waals surface area contributed by atoms with Gasteiger partial charge in [-0.25, -0.2) is 9.37 Å². The zero-order valence-electron chi connectivity index (χ0n) is 14.5. The van der Waals surface area contributed by atoms with E-state index in [2.05, 4.69) is 25.6 Å². The first-order valence-corrected chi connectivity index (χ1v) is 8.94. The zero-order valence-corrected chi connectivity index (χ0v) is 14.5. The van der Waals surface area contributed by atoms with Crippen LogP contribution in [0.2, 0.25) is 0 Å². The summed E-state index contributed by atoms with van der Waals surface area (Å²) in [6.07, 6.45) is 4.74. The summed E-state index contributed by atoms with van der Waals surface area (Å²) in [6.45, 7) is 1.15. The van der Waals surface area contributed by atoms with E-state index in [9.17, 15) is 9.18 Å². The van der Waals surface area contributed by atoms with E-state index in [0.717, 1.165) is 16.5 Å². The number of fused-ring (bicyclic) bond motifs is 2. The number of ether oxygens (including phenoxy) is 1. The van der Waals surface area contributed by atoms with Crippen molar-refractivity contribution in [3.05, 3.63) is 36.2 Å². The molecule has 0 bridgehead atoms. The highest BCUT2D eigenvalue weighted by molar-refractivity contribution is 5.99. The SMILES string of the molecule is O=C1NCCOc2cc(-c3c[nH]c4nc(NCC5(F)CC5)ncc34)ccc21. The molecule has 1 aliphatic carbocycles. The molecule has 0 spiro atoms. The van der Waals surface area contributed by atoms with Crippen LogP contribution < -0.4 is 15.4 Å². The van der Waals surface area contributed by atoms with Crippen molar-refractivity contribution in [1.29, 1.82) is 0 Å². The Kier molecular flexibility index (Phi) is 3.53. The third-order valence-electron chi connectivity index (χ3n) is 4.97. The van der Waals surface area contributed by atoms with Gasteiger partial charge in [0.15, 0.2) is 0 Å². The van der Waals surface area contributed by atoms with Gasteiger partial charge in [-0.05, 0) is 30.5 Å². The molecule has 3 heterocycles. The highest BCUT2D eigenvalue weighted by Gasteiger charge is 2.43. The first kappa shape index (κ1) is 16.0. The monoisotopic (exact) mass is 367 g/mol. The number of rotatable bonds is 4. The molecule has 0 saturated heterocycles. The van der Waals surface area contributed by atoms with E-state index in [0.29, 0.717) is 48.9 Å². The lowest BCUT2D eigenvalue weighted by atomic mass is 10.0. The van der Waals surface area contributed by atoms with Crippen LogP contribution in [0.5, 0.6) is 5.75 Å². The van der Waals surface area contributed by atoms with E-state index in [1.54, 1.807) is 12.3 Å². The molecule has 3 aromatic rings. The van der Waals surface area contributed by atoms with Crippen molar-refractivity contribution in [3.63, 3.8) is 0 Å². The fourth-order valence-corrected chi connectivity index (χ4v) is 3.20. The van der Waals surface area contributed by atoms with Crippen LogP contribution in [-0.4, -0.2) is 46.2 Å². The van der Waals surface area contributed by atoms with Gasteiger partial charge in [0, 0.05) is 23.3 Å². The molecule has 1 saturated carbocycles. The number of aromatic nitrogens is 3. The molecule has 1 fully saturated rings. The number of aromatic amines is 1. The van der Waals surface area contributed by atoms with Gasteiger partial charge in [0.05, 0.1) is 18.7 Å². The van der Waals surface area contributed by atoms with Crippen molar-refractivity contribution in [2.45, 2.75) is 18.5 Å². The van der Waals surface area contributed by atoms with Gasteiger partial charge < -0.3 is 20.4 Å². The summed E-state index contributed by atoms with van der Waals surface area (Å²) >= 11 is 0. The zero-order chi connectivity index (χ0) is 18.4. The Morgan fingerprint density at radius 3 is 3.04 bits per heavy atom. The number of carbonyl (C=O) groups is 1. The Morgan fingerprint density at radius 1 is 1.30 bits per heavy atom. The Morgan fingerprint density at radius 2 is 2.19 bits per heavy atom. The van der Waals surface area contributed by atoms with E-state index in [1.165, 1.54) is 0 Å². The Labute approximate surface area is 154 Å². The van der Waals surface area contributed by atoms with Crippen LogP contribution in [0.15, 0.2) is 30.6 Å². The number of amides is 1. The highest BCUT2D eigenvalue weighted by atomic mass is 19.1. The Balaban J connectivity index is 1.46. The van der Waals surface area contributed by atoms with Crippen LogP contribution in [-0.2, 0) is 0 Å². The normalized spacial score (nSPS) is 17.6. The molecule has 8 heteroatoms. The van der Waals surface area contributed by atoms with Crippen molar-refractivity contribution in [3.8, 4) is 16.9 Å². The molecule has 5 rings (SSSR count). The molecular formula is C19H18FN5O2. The molecule has 138 valence electrons. The molecule has 7 nitrogen and oxygen atoms in total. The van der Waals surface area contributed by atoms with Crippen molar-refractivity contribution in [1.82, 2.24) is 20.3 Å². The maximum absolute atomic E-state index is 13.8. The second kappa shape index (κ2) is 5.94. The number of hydrogen-bond donors (Lipinski definition) is 3. The molecule has 1 amide bonds. The molecule has 2 aromatic heterocycles. The summed E-state index contributed by atoms with van der Waals surface area (Å²) in [5.74, 6) is 0.837. The van der Waals surface area contributed by atoms with Gasteiger partial charge in [-0.1, -0.05) is 6.07 Å². The number of alkyl halides is 1. The first-order chi connectivity index (χ1) is 13.1. The van der Waals surface area contributed by atoms with Gasteiger partial charge in [-0.2, -0.15) is 4.98 Å². The number of H-pyrrole nitrogens is 1. The Hall–Kier alpha value is -3.16. The van der Waals surface area contributed by atoms with Crippen molar-refractivity contribution in [2.75, 3.05) is 25.0 Å². The molecule has 0 unspecified atom stereocenters. The lowest BCUT2D eigenvalue weighted by Gasteiger charge is -2.08. The lowest BCUT2D eigenvalue weighted by molar-refractivity contribution is 0.0957. The first-order valence-electron chi connectivity index (χ1n) is 8.94. The van der Waals surface area contributed by atoms with Gasteiger partial charge in [-0.15, -0.1) is 0 Å². The molecule has 3 N–H and O–H groups in total. The average molecular weight is 367 g/mol. The van der Waals surface area contributed by atoms with Crippen LogP contribution in [0.25, 0.3) is 22.2 Å². The minimum absolute atomic E-state index is 0.131. The van der Waals surface area contributed by atoms with Crippen LogP contribution in [0.4, 0.5) is 10.3 Å². The predicted octanol–water partition coefficient (Wildman–Crippen LogP) is 2.66. The number of hydrogen-bond acceptors (Lipinski definition) is 5. The fourth-order valence-electron chi connectivity index (χ4n) is 3.20. The topological polar surface area (TPSA) is 91.9 Å². The summed E-state index contributed by atoms with van der Waals surface area (Å²) in [5.41, 5.74) is 1.91. The van der Waals surface area contributed by atoms with E-state index in [4.69, 9.17) is 4.74 Å². The minimum Gasteiger partial charge on any atom is -0.491 e. The molecular weight excluding hydrogens is 349 g/mol. The molecule has 27 heavy (non-hydrogen) atoms. The number of benzene rings is 1. The third-order valence-corrected chi connectivity index (χ3v) is 4.97. The van der Waals surface area contributed by atoms with Gasteiger partial charge in [-0.3, -0.25) is 4.79 Å². The van der Waals surface area contributed by atoms with Crippen LogP contribution in [0.1, 0.15) is 23.2 Å². The highest BCUT2D eigenvalue weighted by Crippen LogP contribution is 2.39. The molecule has 1 aromatic carbocycles. The van der Waals surface area contributed by atoms with E-state index in [-0.39, 0.29) is 12.5 Å². The smallest absolute Gasteiger partial charge is 0.255 e. The van der Waals surface area contributed by atoms with Crippen LogP contribution >= 0.6 is 0 Å². The average Bonchev–Trinajstić information content (AvgIpc) is 3.32. The quantitative estimate of drug-likeness (QED) is 0.659. The minimum atomic E-state index is -1.10. The summed E-state index contributed by atoms with van der Waals surface area (Å²) in [7, 11) is 0. The van der Waals surface area contributed by atoms with Gasteiger partial charge in [0.1, 0.15) is 23.7 Å². The molecule has 2 aliphatic rings. The van der Waals surface area contributed by atoms with Crippen molar-refractivity contribution in [2.24, 2.45) is 0 Å². The maximum Gasteiger partial charge on any atom is 0.255 e. The number of carbonyl (C=O) groups excluding carboxylic acids is 1. The maximum atomic E-state index is 13.8. The Bertz CT molecular complexity index is 1040. The second-order valence-corrected chi connectivity index (χ2v) is 6.98. The summed E-state index contributed by atoms with van der Waals surface area (Å²) < 4.78 is 19.4. The summed E-state index contributed by atoms with van der Waals surface area (Å²) in [5, 5.41) is 6.60. The lowest BCUT2D eigenvalue weighted by Crippen LogP contribution is -2.24. The van der Waals surface area contributed by atoms with Crippen molar-refractivity contribution >= 4 is 22.9 Å². The number of nitrogens with one attached hydrogen (secondary N) is 3. The predicted molar refractivity (Wildman–Crippen MR) is 98.7 cm³/mol. The molecule has 0 radical (unpaired) electrons. The van der Waals surface area contributed by atoms with Crippen LogP contribution in [0, 0.1) is 0 Å². The third kappa shape index (κ3) is 2.97. The van der Waals surface area contributed by atoms with Crippen LogP contribution in [0.3, 0.4) is 0 Å². The standard InChI is InChI=1S/C19H18FN5O2/c20-19(3-4-19)10-24-18-23-9-14-13(8-22-16(14)25-18)11-1-2-12-15(7-11)27-6-5-21-17(12)26/h1-2,7-9H,3-6,10H2,(H,21,26)(H2,22,23,24,25). The number of nitrogens with zero attached hydrogens (tertiary/aromatic N) is 2. The second-order valence-electron chi connectivity index (χ2n) is 6.98. The van der Waals surface area contributed by atoms with Gasteiger partial charge in [0.25, 0.3) is 5.91 Å². The summed E-state index contributed by atoms with van der Waals surface area (Å²) in [6, 6.07) is 5.49. The van der Waals surface area contributed by atoms with Gasteiger partial charge >= 0.3 is 0 Å². The van der Waals surface area contributed by atoms with Gasteiger partial charge in [0.2, 0.25) is 5.95 Å². The molecule has 1 aliphatic heterocycles.